The summed E-state index contributed by atoms with van der Waals surface area (Å²) in [7, 11) is 0. The number of aromatic amines is 1. The van der Waals surface area contributed by atoms with Crippen molar-refractivity contribution in [1.82, 2.24) is 19.9 Å². The van der Waals surface area contributed by atoms with Gasteiger partial charge in [-0.25, -0.2) is 9.37 Å². The van der Waals surface area contributed by atoms with Crippen molar-refractivity contribution >= 4 is 38.8 Å². The summed E-state index contributed by atoms with van der Waals surface area (Å²) >= 11 is 5.52. The molecule has 0 saturated carbocycles. The van der Waals surface area contributed by atoms with Crippen LogP contribution in [0.4, 0.5) is 4.39 Å². The Kier molecular flexibility index (Phi) is 4.07. The van der Waals surface area contributed by atoms with Crippen LogP contribution in [0.25, 0.3) is 44.3 Å². The first-order chi connectivity index (χ1) is 14.1. The Morgan fingerprint density at radius 2 is 1.83 bits per heavy atom. The first kappa shape index (κ1) is 17.5. The molecule has 5 nitrogen and oxygen atoms in total. The number of hydrogen-bond acceptors (Lipinski definition) is 4. The second-order valence-electron chi connectivity index (χ2n) is 6.54. The lowest BCUT2D eigenvalue weighted by Gasteiger charge is -2.07. The number of hydrogen-bond donors (Lipinski definition) is 1. The van der Waals surface area contributed by atoms with Gasteiger partial charge in [0.2, 0.25) is 0 Å². The molecule has 5 aromatic rings. The van der Waals surface area contributed by atoms with E-state index in [1.54, 1.807) is 42.9 Å². The molecular formula is C22H12ClFN4O. The molecule has 4 heterocycles. The molecule has 0 amide bonds. The SMILES string of the molecule is O=C(Cl)c1ccc(-c2c(F)cnc3[nH]c4cnc(-c5cccnc5)cc4c23)cc1. The Hall–Kier alpha value is -3.64. The molecule has 7 heteroatoms. The summed E-state index contributed by atoms with van der Waals surface area (Å²) in [5, 5.41) is 0.891. The van der Waals surface area contributed by atoms with Gasteiger partial charge in [-0.2, -0.15) is 0 Å². The van der Waals surface area contributed by atoms with E-state index in [1.165, 1.54) is 6.20 Å². The van der Waals surface area contributed by atoms with E-state index in [-0.39, 0.29) is 0 Å². The zero-order valence-corrected chi connectivity index (χ0v) is 15.6. The smallest absolute Gasteiger partial charge is 0.252 e. The van der Waals surface area contributed by atoms with Crippen LogP contribution in [0.1, 0.15) is 10.4 Å². The minimum absolute atomic E-state index is 0.350. The minimum atomic E-state index is -0.559. The number of carbonyl (C=O) groups is 1. The lowest BCUT2D eigenvalue weighted by molar-refractivity contribution is 0.108. The molecule has 0 saturated heterocycles. The van der Waals surface area contributed by atoms with Crippen molar-refractivity contribution in [2.45, 2.75) is 0 Å². The average molecular weight is 403 g/mol. The average Bonchev–Trinajstić information content (AvgIpc) is 3.12. The fraction of sp³-hybridized carbons (Fsp3) is 0. The van der Waals surface area contributed by atoms with Crippen LogP contribution in [-0.2, 0) is 0 Å². The fourth-order valence-electron chi connectivity index (χ4n) is 3.46. The Bertz CT molecular complexity index is 1380. The summed E-state index contributed by atoms with van der Waals surface area (Å²) in [5.74, 6) is -0.455. The second kappa shape index (κ2) is 6.76. The molecule has 1 N–H and O–H groups in total. The van der Waals surface area contributed by atoms with Crippen LogP contribution in [0, 0.1) is 5.82 Å². The molecule has 140 valence electrons. The molecule has 0 bridgehead atoms. The number of nitrogens with one attached hydrogen (secondary N) is 1. The van der Waals surface area contributed by atoms with Gasteiger partial charge in [0.1, 0.15) is 11.5 Å². The van der Waals surface area contributed by atoms with E-state index in [9.17, 15) is 9.18 Å². The van der Waals surface area contributed by atoms with E-state index in [0.717, 1.165) is 22.2 Å². The van der Waals surface area contributed by atoms with Crippen molar-refractivity contribution < 1.29 is 9.18 Å². The van der Waals surface area contributed by atoms with Crippen LogP contribution in [0.5, 0.6) is 0 Å². The number of aromatic nitrogens is 4. The number of nitrogens with zero attached hydrogens (tertiary/aromatic N) is 3. The summed E-state index contributed by atoms with van der Waals surface area (Å²) in [6, 6.07) is 12.2. The van der Waals surface area contributed by atoms with Crippen molar-refractivity contribution in [3.63, 3.8) is 0 Å². The maximum Gasteiger partial charge on any atom is 0.252 e. The second-order valence-corrected chi connectivity index (χ2v) is 6.88. The van der Waals surface area contributed by atoms with E-state index >= 15 is 0 Å². The monoisotopic (exact) mass is 402 g/mol. The van der Waals surface area contributed by atoms with Crippen LogP contribution < -0.4 is 0 Å². The summed E-state index contributed by atoms with van der Waals surface area (Å²) in [4.78, 5) is 27.4. The topological polar surface area (TPSA) is 71.5 Å². The molecule has 5 rings (SSSR count). The Morgan fingerprint density at radius 1 is 1.00 bits per heavy atom. The lowest BCUT2D eigenvalue weighted by atomic mass is 9.99. The first-order valence-corrected chi connectivity index (χ1v) is 9.16. The molecule has 4 aromatic heterocycles. The first-order valence-electron chi connectivity index (χ1n) is 8.78. The van der Waals surface area contributed by atoms with Crippen molar-refractivity contribution in [2.24, 2.45) is 0 Å². The Labute approximate surface area is 169 Å². The molecule has 1 aromatic carbocycles. The Morgan fingerprint density at radius 3 is 2.55 bits per heavy atom. The van der Waals surface area contributed by atoms with Gasteiger partial charge < -0.3 is 4.98 Å². The highest BCUT2D eigenvalue weighted by molar-refractivity contribution is 6.67. The highest BCUT2D eigenvalue weighted by Gasteiger charge is 2.17. The van der Waals surface area contributed by atoms with Crippen LogP contribution in [-0.4, -0.2) is 25.2 Å². The van der Waals surface area contributed by atoms with Crippen LogP contribution in [0.3, 0.4) is 0 Å². The molecule has 0 spiro atoms. The van der Waals surface area contributed by atoms with Gasteiger partial charge in [-0.1, -0.05) is 12.1 Å². The summed E-state index contributed by atoms with van der Waals surface area (Å²) in [6.45, 7) is 0. The molecule has 0 aliphatic carbocycles. The zero-order chi connectivity index (χ0) is 20.0. The molecule has 0 atom stereocenters. The number of carbonyl (C=O) groups excluding carboxylic acids is 1. The van der Waals surface area contributed by atoms with Gasteiger partial charge in [0, 0.05) is 39.9 Å². The van der Waals surface area contributed by atoms with Gasteiger partial charge in [0.05, 0.1) is 23.6 Å². The number of fused-ring (bicyclic) bond motifs is 3. The van der Waals surface area contributed by atoms with Crippen molar-refractivity contribution in [3.05, 3.63) is 78.6 Å². The number of rotatable bonds is 3. The maximum absolute atomic E-state index is 14.9. The molecule has 0 fully saturated rings. The normalized spacial score (nSPS) is 11.2. The van der Waals surface area contributed by atoms with Crippen LogP contribution in [0.2, 0.25) is 0 Å². The van der Waals surface area contributed by atoms with E-state index in [0.29, 0.717) is 27.7 Å². The molecule has 29 heavy (non-hydrogen) atoms. The molecule has 0 unspecified atom stereocenters. The third kappa shape index (κ3) is 2.94. The van der Waals surface area contributed by atoms with Gasteiger partial charge in [-0.3, -0.25) is 14.8 Å². The predicted molar refractivity (Wildman–Crippen MR) is 110 cm³/mol. The highest BCUT2D eigenvalue weighted by Crippen LogP contribution is 2.36. The summed E-state index contributed by atoms with van der Waals surface area (Å²) in [5.41, 5.74) is 4.27. The quantitative estimate of drug-likeness (QED) is 0.412. The van der Waals surface area contributed by atoms with Crippen molar-refractivity contribution in [3.8, 4) is 22.4 Å². The molecular weight excluding hydrogens is 391 g/mol. The Balaban J connectivity index is 1.79. The highest BCUT2D eigenvalue weighted by atomic mass is 35.5. The fourth-order valence-corrected chi connectivity index (χ4v) is 3.58. The van der Waals surface area contributed by atoms with E-state index < -0.39 is 11.1 Å². The van der Waals surface area contributed by atoms with E-state index in [4.69, 9.17) is 11.6 Å². The zero-order valence-electron chi connectivity index (χ0n) is 14.9. The number of benzene rings is 1. The van der Waals surface area contributed by atoms with Gasteiger partial charge in [0.25, 0.3) is 5.24 Å². The molecule has 0 aliphatic heterocycles. The van der Waals surface area contributed by atoms with Gasteiger partial charge in [0.15, 0.2) is 0 Å². The molecule has 0 radical (unpaired) electrons. The van der Waals surface area contributed by atoms with Crippen LogP contribution in [0.15, 0.2) is 67.3 Å². The largest absolute Gasteiger partial charge is 0.338 e. The van der Waals surface area contributed by atoms with Gasteiger partial charge in [-0.05, 0) is 47.5 Å². The van der Waals surface area contributed by atoms with Crippen molar-refractivity contribution in [1.29, 1.82) is 0 Å². The van der Waals surface area contributed by atoms with E-state index in [2.05, 4.69) is 19.9 Å². The number of H-pyrrole nitrogens is 1. The van der Waals surface area contributed by atoms with E-state index in [1.807, 2.05) is 18.2 Å². The number of halogens is 2. The van der Waals surface area contributed by atoms with Crippen molar-refractivity contribution in [2.75, 3.05) is 0 Å². The summed E-state index contributed by atoms with van der Waals surface area (Å²) in [6.07, 6.45) is 6.31. The third-order valence-corrected chi connectivity index (χ3v) is 5.04. The predicted octanol–water partition coefficient (Wildman–Crippen LogP) is 5.36. The van der Waals surface area contributed by atoms with Crippen LogP contribution >= 0.6 is 11.6 Å². The standard InChI is InChI=1S/C22H12ClFN4O/c23-21(29)13-5-3-12(4-6-13)19-16(24)10-27-22-20(19)15-8-17(26-11-18(15)28-22)14-2-1-7-25-9-14/h1-11H,(H,27,28). The number of pyridine rings is 3. The van der Waals surface area contributed by atoms with Gasteiger partial charge >= 0.3 is 0 Å². The van der Waals surface area contributed by atoms with Gasteiger partial charge in [-0.15, -0.1) is 0 Å². The summed E-state index contributed by atoms with van der Waals surface area (Å²) < 4.78 is 14.9. The minimum Gasteiger partial charge on any atom is -0.338 e. The third-order valence-electron chi connectivity index (χ3n) is 4.82. The maximum atomic E-state index is 14.9. The lowest BCUT2D eigenvalue weighted by Crippen LogP contribution is -1.92. The molecule has 0 aliphatic rings.